The highest BCUT2D eigenvalue weighted by molar-refractivity contribution is 6.17. The van der Waals surface area contributed by atoms with Crippen LogP contribution in [-0.4, -0.2) is 9.61 Å². The van der Waals surface area contributed by atoms with E-state index in [1.807, 2.05) is 0 Å². The average Bonchev–Trinajstić information content (AvgIpc) is 3.03. The molecule has 2 heterocycles. The van der Waals surface area contributed by atoms with Gasteiger partial charge in [-0.25, -0.2) is 4.52 Å². The molecule has 5 rings (SSSR count). The van der Waals surface area contributed by atoms with Crippen molar-refractivity contribution in [2.45, 2.75) is 20.8 Å². The molecule has 0 N–H and O–H groups in total. The molecule has 0 unspecified atom stereocenters. The van der Waals surface area contributed by atoms with Gasteiger partial charge in [-0.1, -0.05) is 60.2 Å². The van der Waals surface area contributed by atoms with Gasteiger partial charge in [-0.15, -0.1) is 0 Å². The molecular formula is C24H20N2. The van der Waals surface area contributed by atoms with E-state index in [4.69, 9.17) is 5.10 Å². The van der Waals surface area contributed by atoms with Crippen LogP contribution in [0.5, 0.6) is 0 Å². The number of nitrogens with zero attached hydrogens (tertiary/aromatic N) is 2. The maximum Gasteiger partial charge on any atom is 0.0750 e. The predicted octanol–water partition coefficient (Wildman–Crippen LogP) is 6.23. The van der Waals surface area contributed by atoms with Gasteiger partial charge in [0.1, 0.15) is 0 Å². The Morgan fingerprint density at radius 3 is 2.31 bits per heavy atom. The second-order valence-electron chi connectivity index (χ2n) is 7.15. The highest BCUT2D eigenvalue weighted by Crippen LogP contribution is 2.37. The molecule has 2 aromatic heterocycles. The summed E-state index contributed by atoms with van der Waals surface area (Å²) in [5, 5.41) is 8.58. The van der Waals surface area contributed by atoms with Gasteiger partial charge < -0.3 is 0 Å². The summed E-state index contributed by atoms with van der Waals surface area (Å²) < 4.78 is 2.10. The molecule has 2 heteroatoms. The highest BCUT2D eigenvalue weighted by Gasteiger charge is 2.14. The third kappa shape index (κ3) is 2.08. The maximum absolute atomic E-state index is 4.78. The Bertz CT molecular complexity index is 1310. The summed E-state index contributed by atoms with van der Waals surface area (Å²) >= 11 is 0. The topological polar surface area (TPSA) is 17.3 Å². The molecule has 26 heavy (non-hydrogen) atoms. The van der Waals surface area contributed by atoms with Crippen LogP contribution >= 0.6 is 0 Å². The summed E-state index contributed by atoms with van der Waals surface area (Å²) in [5.74, 6) is 0. The predicted molar refractivity (Wildman–Crippen MR) is 110 cm³/mol. The zero-order chi connectivity index (χ0) is 17.8. The summed E-state index contributed by atoms with van der Waals surface area (Å²) in [6, 6.07) is 24.1. The molecule has 126 valence electrons. The molecule has 0 spiro atoms. The molecule has 0 aliphatic carbocycles. The van der Waals surface area contributed by atoms with E-state index in [-0.39, 0.29) is 0 Å². The molecule has 0 radical (unpaired) electrons. The van der Waals surface area contributed by atoms with E-state index in [9.17, 15) is 0 Å². The van der Waals surface area contributed by atoms with Gasteiger partial charge in [-0.3, -0.25) is 0 Å². The van der Waals surface area contributed by atoms with Crippen LogP contribution in [0.2, 0.25) is 0 Å². The minimum atomic E-state index is 1.04. The van der Waals surface area contributed by atoms with Crippen molar-refractivity contribution in [1.29, 1.82) is 0 Å². The van der Waals surface area contributed by atoms with Crippen molar-refractivity contribution in [3.05, 3.63) is 83.6 Å². The van der Waals surface area contributed by atoms with Crippen molar-refractivity contribution >= 4 is 27.2 Å². The number of aromatic nitrogens is 2. The summed E-state index contributed by atoms with van der Waals surface area (Å²) in [4.78, 5) is 0. The maximum atomic E-state index is 4.78. The minimum absolute atomic E-state index is 1.04. The molecule has 0 saturated carbocycles. The lowest BCUT2D eigenvalue weighted by Crippen LogP contribution is -1.95. The Labute approximate surface area is 152 Å². The Balaban J connectivity index is 2.04. The van der Waals surface area contributed by atoms with E-state index < -0.39 is 0 Å². The first-order chi connectivity index (χ1) is 12.6. The molecule has 0 atom stereocenters. The summed E-state index contributed by atoms with van der Waals surface area (Å²) in [5.41, 5.74) is 8.52. The zero-order valence-electron chi connectivity index (χ0n) is 15.2. The third-order valence-electron chi connectivity index (χ3n) is 5.25. The molecule has 0 amide bonds. The highest BCUT2D eigenvalue weighted by atomic mass is 15.2. The van der Waals surface area contributed by atoms with Crippen LogP contribution in [0.15, 0.2) is 66.7 Å². The molecule has 3 aromatic carbocycles. The van der Waals surface area contributed by atoms with Gasteiger partial charge in [-0.05, 0) is 55.0 Å². The fourth-order valence-electron chi connectivity index (χ4n) is 4.14. The van der Waals surface area contributed by atoms with E-state index in [0.717, 1.165) is 11.2 Å². The van der Waals surface area contributed by atoms with Crippen LogP contribution in [0.4, 0.5) is 0 Å². The Morgan fingerprint density at radius 2 is 1.50 bits per heavy atom. The Hall–Kier alpha value is -3.13. The smallest absolute Gasteiger partial charge is 0.0750 e. The molecule has 0 aliphatic rings. The molecule has 0 bridgehead atoms. The van der Waals surface area contributed by atoms with E-state index in [0.29, 0.717) is 0 Å². The quantitative estimate of drug-likeness (QED) is 0.332. The Kier molecular flexibility index (Phi) is 3.17. The van der Waals surface area contributed by atoms with E-state index in [1.54, 1.807) is 0 Å². The summed E-state index contributed by atoms with van der Waals surface area (Å²) in [7, 11) is 0. The van der Waals surface area contributed by atoms with Crippen LogP contribution in [0.1, 0.15) is 16.8 Å². The normalized spacial score (nSPS) is 11.7. The van der Waals surface area contributed by atoms with Crippen molar-refractivity contribution < 1.29 is 0 Å². The van der Waals surface area contributed by atoms with Crippen molar-refractivity contribution in [2.24, 2.45) is 0 Å². The molecule has 0 saturated heterocycles. The number of benzene rings is 3. The van der Waals surface area contributed by atoms with E-state index >= 15 is 0 Å². The first-order valence-electron chi connectivity index (χ1n) is 9.01. The number of aryl methyl sites for hydroxylation is 3. The monoisotopic (exact) mass is 336 g/mol. The van der Waals surface area contributed by atoms with Crippen molar-refractivity contribution in [2.75, 3.05) is 0 Å². The van der Waals surface area contributed by atoms with Crippen molar-refractivity contribution in [3.8, 4) is 11.1 Å². The van der Waals surface area contributed by atoms with Crippen molar-refractivity contribution in [3.63, 3.8) is 0 Å². The fourth-order valence-corrected chi connectivity index (χ4v) is 4.14. The Morgan fingerprint density at radius 1 is 0.692 bits per heavy atom. The van der Waals surface area contributed by atoms with Gasteiger partial charge in [0, 0.05) is 10.8 Å². The average molecular weight is 336 g/mol. The minimum Gasteiger partial charge on any atom is -0.232 e. The van der Waals surface area contributed by atoms with Gasteiger partial charge in [0.25, 0.3) is 0 Å². The third-order valence-corrected chi connectivity index (χ3v) is 5.25. The van der Waals surface area contributed by atoms with Gasteiger partial charge >= 0.3 is 0 Å². The van der Waals surface area contributed by atoms with Crippen molar-refractivity contribution in [1.82, 2.24) is 9.61 Å². The zero-order valence-corrected chi connectivity index (χ0v) is 15.2. The molecule has 0 aliphatic heterocycles. The first kappa shape index (κ1) is 15.2. The molecule has 2 nitrogen and oxygen atoms in total. The number of hydrogen-bond acceptors (Lipinski definition) is 1. The number of hydrogen-bond donors (Lipinski definition) is 0. The standard InChI is InChI=1S/C24H20N2/c1-15-11-12-18(16(2)13-15)20-9-6-10-22-24(20)21-8-5-4-7-19(21)23-14-17(3)25-26(22)23/h4-14H,1-3H3. The van der Waals surface area contributed by atoms with Crippen LogP contribution in [0, 0.1) is 20.8 Å². The largest absolute Gasteiger partial charge is 0.232 e. The number of rotatable bonds is 1. The lowest BCUT2D eigenvalue weighted by atomic mass is 9.93. The SMILES string of the molecule is Cc1ccc(-c2cccc3c2c2ccccc2c2cc(C)nn23)c(C)c1. The lowest BCUT2D eigenvalue weighted by molar-refractivity contribution is 0.975. The second kappa shape index (κ2) is 5.43. The number of pyridine rings is 1. The van der Waals surface area contributed by atoms with Gasteiger partial charge in [0.2, 0.25) is 0 Å². The van der Waals surface area contributed by atoms with E-state index in [1.165, 1.54) is 43.9 Å². The summed E-state index contributed by atoms with van der Waals surface area (Å²) in [6.07, 6.45) is 0. The van der Waals surface area contributed by atoms with Crippen LogP contribution in [0.3, 0.4) is 0 Å². The second-order valence-corrected chi connectivity index (χ2v) is 7.15. The molecule has 5 aromatic rings. The van der Waals surface area contributed by atoms with Crippen LogP contribution in [-0.2, 0) is 0 Å². The summed E-state index contributed by atoms with van der Waals surface area (Å²) in [6.45, 7) is 6.40. The lowest BCUT2D eigenvalue weighted by Gasteiger charge is -2.14. The first-order valence-corrected chi connectivity index (χ1v) is 9.01. The van der Waals surface area contributed by atoms with Gasteiger partial charge in [-0.2, -0.15) is 5.10 Å². The van der Waals surface area contributed by atoms with Crippen LogP contribution < -0.4 is 0 Å². The van der Waals surface area contributed by atoms with Crippen LogP contribution in [0.25, 0.3) is 38.3 Å². The molecule has 0 fully saturated rings. The number of fused-ring (bicyclic) bond motifs is 6. The van der Waals surface area contributed by atoms with Gasteiger partial charge in [0.15, 0.2) is 0 Å². The molecular weight excluding hydrogens is 316 g/mol. The fraction of sp³-hybridized carbons (Fsp3) is 0.125. The van der Waals surface area contributed by atoms with E-state index in [2.05, 4.69) is 92.0 Å². The van der Waals surface area contributed by atoms with Gasteiger partial charge in [0.05, 0.1) is 16.7 Å².